The zero-order valence-corrected chi connectivity index (χ0v) is 20.4. The van der Waals surface area contributed by atoms with E-state index in [2.05, 4.69) is 29.6 Å². The van der Waals surface area contributed by atoms with Crippen molar-refractivity contribution >= 4 is 5.78 Å². The van der Waals surface area contributed by atoms with Crippen molar-refractivity contribution in [2.45, 2.75) is 24.9 Å². The number of aliphatic hydroxyl groups is 1. The summed E-state index contributed by atoms with van der Waals surface area (Å²) in [5.41, 5.74) is 4.15. The summed E-state index contributed by atoms with van der Waals surface area (Å²) in [6, 6.07) is 38.0. The monoisotopic (exact) mass is 479 g/mol. The van der Waals surface area contributed by atoms with E-state index in [9.17, 15) is 9.90 Å². The van der Waals surface area contributed by atoms with Crippen molar-refractivity contribution in [1.82, 2.24) is 5.32 Å². The number of aliphatic hydroxyl groups excluding tert-OH is 1. The second-order valence-electron chi connectivity index (χ2n) is 8.90. The third-order valence-electron chi connectivity index (χ3n) is 6.23. The number of carbonyl (C=O) groups is 1. The van der Waals surface area contributed by atoms with Gasteiger partial charge in [-0.1, -0.05) is 103 Å². The van der Waals surface area contributed by atoms with Crippen LogP contribution in [0.4, 0.5) is 0 Å². The van der Waals surface area contributed by atoms with Crippen molar-refractivity contribution < 1.29 is 14.6 Å². The summed E-state index contributed by atoms with van der Waals surface area (Å²) in [5, 5.41) is 14.0. The molecule has 0 unspecified atom stereocenters. The van der Waals surface area contributed by atoms with Crippen molar-refractivity contribution in [3.8, 4) is 5.75 Å². The first-order chi connectivity index (χ1) is 17.7. The molecule has 2 N–H and O–H groups in total. The van der Waals surface area contributed by atoms with Gasteiger partial charge in [-0.2, -0.15) is 0 Å². The smallest absolute Gasteiger partial charge is 0.166 e. The van der Waals surface area contributed by atoms with Crippen LogP contribution in [-0.2, 0) is 6.42 Å². The number of aryl methyl sites for hydroxylation is 1. The number of hydrogen-bond donors (Lipinski definition) is 2. The van der Waals surface area contributed by atoms with Crippen molar-refractivity contribution in [2.75, 3.05) is 19.7 Å². The Kier molecular flexibility index (Phi) is 9.43. The highest BCUT2D eigenvalue weighted by Gasteiger charge is 2.16. The Balaban J connectivity index is 1.29. The van der Waals surface area contributed by atoms with Crippen LogP contribution in [0.1, 0.15) is 39.4 Å². The second kappa shape index (κ2) is 13.4. The highest BCUT2D eigenvalue weighted by molar-refractivity contribution is 5.98. The molecule has 0 aliphatic rings. The van der Waals surface area contributed by atoms with Gasteiger partial charge in [0.1, 0.15) is 18.5 Å². The Morgan fingerprint density at radius 1 is 0.722 bits per heavy atom. The van der Waals surface area contributed by atoms with Gasteiger partial charge < -0.3 is 15.2 Å². The average molecular weight is 480 g/mol. The molecule has 0 saturated carbocycles. The molecule has 0 amide bonds. The molecule has 0 aliphatic heterocycles. The van der Waals surface area contributed by atoms with Gasteiger partial charge in [0.15, 0.2) is 5.78 Å². The van der Waals surface area contributed by atoms with Crippen molar-refractivity contribution in [3.05, 3.63) is 138 Å². The minimum atomic E-state index is -0.704. The molecule has 4 heteroatoms. The molecule has 0 saturated heterocycles. The van der Waals surface area contributed by atoms with Gasteiger partial charge in [-0.15, -0.1) is 0 Å². The lowest BCUT2D eigenvalue weighted by Gasteiger charge is -2.20. The molecule has 4 aromatic carbocycles. The summed E-state index contributed by atoms with van der Waals surface area (Å²) in [6.07, 6.45) is 0.393. The van der Waals surface area contributed by atoms with Gasteiger partial charge in [0.05, 0.1) is 5.56 Å². The Morgan fingerprint density at radius 2 is 1.28 bits per heavy atom. The SMILES string of the molecule is O=C(CCc1ccccc1)c1ccccc1OC[C@H](O)CNCC(c1ccccc1)c1ccccc1. The van der Waals surface area contributed by atoms with Crippen molar-refractivity contribution in [2.24, 2.45) is 0 Å². The summed E-state index contributed by atoms with van der Waals surface area (Å²) < 4.78 is 5.89. The third-order valence-corrected chi connectivity index (χ3v) is 6.23. The van der Waals surface area contributed by atoms with Gasteiger partial charge in [-0.3, -0.25) is 4.79 Å². The Bertz CT molecular complexity index is 1160. The minimum Gasteiger partial charge on any atom is -0.490 e. The highest BCUT2D eigenvalue weighted by atomic mass is 16.5. The van der Waals surface area contributed by atoms with Gasteiger partial charge in [0.2, 0.25) is 0 Å². The zero-order chi connectivity index (χ0) is 25.0. The zero-order valence-electron chi connectivity index (χ0n) is 20.4. The van der Waals surface area contributed by atoms with E-state index < -0.39 is 6.10 Å². The number of hydrogen-bond acceptors (Lipinski definition) is 4. The fourth-order valence-electron chi connectivity index (χ4n) is 4.30. The van der Waals surface area contributed by atoms with Crippen LogP contribution in [0.25, 0.3) is 0 Å². The summed E-state index contributed by atoms with van der Waals surface area (Å²) in [4.78, 5) is 12.8. The van der Waals surface area contributed by atoms with Gasteiger partial charge in [0, 0.05) is 25.4 Å². The van der Waals surface area contributed by atoms with Crippen LogP contribution in [0, 0.1) is 0 Å². The largest absolute Gasteiger partial charge is 0.490 e. The molecule has 0 spiro atoms. The summed E-state index contributed by atoms with van der Waals surface area (Å²) in [6.45, 7) is 1.19. The molecule has 4 rings (SSSR count). The summed E-state index contributed by atoms with van der Waals surface area (Å²) in [7, 11) is 0. The molecular formula is C32H33NO3. The number of ether oxygens (including phenoxy) is 1. The van der Waals surface area contributed by atoms with Crippen LogP contribution in [-0.4, -0.2) is 36.7 Å². The van der Waals surface area contributed by atoms with E-state index in [0.717, 1.165) is 5.56 Å². The van der Waals surface area contributed by atoms with Crippen LogP contribution >= 0.6 is 0 Å². The molecular weight excluding hydrogens is 446 g/mol. The standard InChI is InChI=1S/C32H33NO3/c34-28(22-33-23-30(26-14-6-2-7-15-26)27-16-8-3-9-17-27)24-36-32-19-11-10-18-29(32)31(35)21-20-25-12-4-1-5-13-25/h1-19,28,30,33-34H,20-24H2/t28-/m1/s1. The Labute approximate surface area is 213 Å². The predicted octanol–water partition coefficient (Wildman–Crippen LogP) is 5.66. The average Bonchev–Trinajstić information content (AvgIpc) is 2.94. The first-order valence-electron chi connectivity index (χ1n) is 12.5. The Morgan fingerprint density at radius 3 is 1.92 bits per heavy atom. The van der Waals surface area contributed by atoms with E-state index in [1.807, 2.05) is 78.9 Å². The van der Waals surface area contributed by atoms with E-state index in [1.54, 1.807) is 12.1 Å². The molecule has 0 radical (unpaired) electrons. The highest BCUT2D eigenvalue weighted by Crippen LogP contribution is 2.24. The van der Waals surface area contributed by atoms with E-state index in [1.165, 1.54) is 11.1 Å². The van der Waals surface area contributed by atoms with Gasteiger partial charge in [0.25, 0.3) is 0 Å². The topological polar surface area (TPSA) is 58.6 Å². The predicted molar refractivity (Wildman–Crippen MR) is 145 cm³/mol. The van der Waals surface area contributed by atoms with Crippen LogP contribution in [0.5, 0.6) is 5.75 Å². The number of carbonyl (C=O) groups excluding carboxylic acids is 1. The van der Waals surface area contributed by atoms with Crippen molar-refractivity contribution in [3.63, 3.8) is 0 Å². The quantitative estimate of drug-likeness (QED) is 0.243. The molecule has 0 aromatic heterocycles. The molecule has 0 heterocycles. The maximum Gasteiger partial charge on any atom is 0.166 e. The van der Waals surface area contributed by atoms with Crippen LogP contribution in [0.2, 0.25) is 0 Å². The fraction of sp³-hybridized carbons (Fsp3) is 0.219. The maximum atomic E-state index is 12.8. The number of benzene rings is 4. The number of ketones is 1. The van der Waals surface area contributed by atoms with Crippen LogP contribution < -0.4 is 10.1 Å². The minimum absolute atomic E-state index is 0.0376. The van der Waals surface area contributed by atoms with Gasteiger partial charge >= 0.3 is 0 Å². The van der Waals surface area contributed by atoms with Crippen molar-refractivity contribution in [1.29, 1.82) is 0 Å². The molecule has 4 nitrogen and oxygen atoms in total. The summed E-state index contributed by atoms with van der Waals surface area (Å²) in [5.74, 6) is 0.736. The first-order valence-corrected chi connectivity index (χ1v) is 12.5. The number of Topliss-reactive ketones (excluding diaryl/α,β-unsaturated/α-hetero) is 1. The molecule has 0 bridgehead atoms. The van der Waals surface area contributed by atoms with Crippen LogP contribution in [0.3, 0.4) is 0 Å². The molecule has 0 aliphatic carbocycles. The first kappa shape index (κ1) is 25.4. The van der Waals surface area contributed by atoms with E-state index in [4.69, 9.17) is 4.74 Å². The van der Waals surface area contributed by atoms with Crippen LogP contribution in [0.15, 0.2) is 115 Å². The maximum absolute atomic E-state index is 12.8. The molecule has 36 heavy (non-hydrogen) atoms. The molecule has 1 atom stereocenters. The lowest BCUT2D eigenvalue weighted by molar-refractivity contribution is 0.0950. The molecule has 4 aromatic rings. The molecule has 0 fully saturated rings. The number of nitrogens with one attached hydrogen (secondary N) is 1. The van der Waals surface area contributed by atoms with E-state index in [-0.39, 0.29) is 18.3 Å². The van der Waals surface area contributed by atoms with E-state index >= 15 is 0 Å². The molecule has 184 valence electrons. The number of rotatable bonds is 13. The third kappa shape index (κ3) is 7.38. The van der Waals surface area contributed by atoms with Gasteiger partial charge in [-0.05, 0) is 35.2 Å². The number of para-hydroxylation sites is 1. The normalized spacial score (nSPS) is 11.8. The lowest BCUT2D eigenvalue weighted by Crippen LogP contribution is -2.34. The van der Waals surface area contributed by atoms with E-state index in [0.29, 0.717) is 37.2 Å². The second-order valence-corrected chi connectivity index (χ2v) is 8.90. The summed E-state index contributed by atoms with van der Waals surface area (Å²) >= 11 is 0. The Hall–Kier alpha value is -3.73. The fourth-order valence-corrected chi connectivity index (χ4v) is 4.30. The van der Waals surface area contributed by atoms with Gasteiger partial charge in [-0.25, -0.2) is 0 Å². The lowest BCUT2D eigenvalue weighted by atomic mass is 9.91.